The fraction of sp³-hybridized carbons (Fsp3) is 0.438. The van der Waals surface area contributed by atoms with E-state index in [4.69, 9.17) is 9.47 Å². The minimum atomic E-state index is -0.162. The maximum atomic E-state index is 12.2. The molecule has 1 heterocycles. The number of methoxy groups -OCH3 is 2. The first-order chi connectivity index (χ1) is 11.0. The van der Waals surface area contributed by atoms with Gasteiger partial charge < -0.3 is 14.4 Å². The number of likely N-dealkylation sites (N-methyl/N-ethyl adjacent to an activating group) is 1. The molecule has 1 aromatic carbocycles. The van der Waals surface area contributed by atoms with Gasteiger partial charge in [-0.05, 0) is 24.1 Å². The standard InChI is InChI=1S/C16H21N3O4/c1-19(16(21)12-5-7-15(20)18-17-12)9-8-11-4-6-13(22-2)14(10-11)23-3/h4,6,10H,5,7-9H2,1-3H3,(H,18,20). The Hall–Kier alpha value is -2.57. The molecule has 0 bridgehead atoms. The van der Waals surface area contributed by atoms with Crippen molar-refractivity contribution in [3.05, 3.63) is 23.8 Å². The largest absolute Gasteiger partial charge is 0.493 e. The highest BCUT2D eigenvalue weighted by Gasteiger charge is 2.21. The first kappa shape index (κ1) is 16.8. The molecule has 1 aliphatic heterocycles. The summed E-state index contributed by atoms with van der Waals surface area (Å²) in [6.45, 7) is 0.543. The van der Waals surface area contributed by atoms with Crippen LogP contribution in [-0.2, 0) is 16.0 Å². The molecule has 0 unspecified atom stereocenters. The summed E-state index contributed by atoms with van der Waals surface area (Å²) in [7, 11) is 4.91. The van der Waals surface area contributed by atoms with Crippen molar-refractivity contribution < 1.29 is 19.1 Å². The van der Waals surface area contributed by atoms with Crippen molar-refractivity contribution in [1.29, 1.82) is 0 Å². The zero-order valence-electron chi connectivity index (χ0n) is 13.6. The second-order valence-corrected chi connectivity index (χ2v) is 5.26. The number of hydrogen-bond acceptors (Lipinski definition) is 5. The van der Waals surface area contributed by atoms with Crippen LogP contribution < -0.4 is 14.9 Å². The number of benzene rings is 1. The van der Waals surface area contributed by atoms with E-state index < -0.39 is 0 Å². The molecule has 0 saturated heterocycles. The lowest BCUT2D eigenvalue weighted by Crippen LogP contribution is -2.38. The Labute approximate surface area is 135 Å². The van der Waals surface area contributed by atoms with E-state index in [1.807, 2.05) is 18.2 Å². The highest BCUT2D eigenvalue weighted by Crippen LogP contribution is 2.27. The van der Waals surface area contributed by atoms with E-state index in [0.29, 0.717) is 43.0 Å². The van der Waals surface area contributed by atoms with Gasteiger partial charge in [0, 0.05) is 26.4 Å². The number of carbonyl (C=O) groups is 2. The van der Waals surface area contributed by atoms with E-state index in [-0.39, 0.29) is 11.8 Å². The number of nitrogens with zero attached hydrogens (tertiary/aromatic N) is 2. The molecule has 0 saturated carbocycles. The normalized spacial score (nSPS) is 13.9. The van der Waals surface area contributed by atoms with Gasteiger partial charge in [-0.3, -0.25) is 9.59 Å². The topological polar surface area (TPSA) is 80.2 Å². The Bertz CT molecular complexity index is 628. The summed E-state index contributed by atoms with van der Waals surface area (Å²) in [6.07, 6.45) is 1.36. The van der Waals surface area contributed by atoms with Crippen molar-refractivity contribution in [2.24, 2.45) is 5.10 Å². The molecule has 1 aromatic rings. The van der Waals surface area contributed by atoms with Crippen LogP contribution in [0.3, 0.4) is 0 Å². The van der Waals surface area contributed by atoms with E-state index in [0.717, 1.165) is 5.56 Å². The van der Waals surface area contributed by atoms with Crippen LogP contribution in [0.15, 0.2) is 23.3 Å². The Balaban J connectivity index is 1.95. The summed E-state index contributed by atoms with van der Waals surface area (Å²) >= 11 is 0. The molecular weight excluding hydrogens is 298 g/mol. The predicted molar refractivity (Wildman–Crippen MR) is 85.7 cm³/mol. The lowest BCUT2D eigenvalue weighted by Gasteiger charge is -2.20. The fourth-order valence-corrected chi connectivity index (χ4v) is 2.28. The molecule has 2 rings (SSSR count). The van der Waals surface area contributed by atoms with Gasteiger partial charge in [0.2, 0.25) is 5.91 Å². The fourth-order valence-electron chi connectivity index (χ4n) is 2.28. The maximum absolute atomic E-state index is 12.2. The molecule has 0 aliphatic carbocycles. The molecule has 0 aromatic heterocycles. The van der Waals surface area contributed by atoms with E-state index >= 15 is 0 Å². The van der Waals surface area contributed by atoms with Gasteiger partial charge in [0.05, 0.1) is 14.2 Å². The number of rotatable bonds is 6. The lowest BCUT2D eigenvalue weighted by atomic mass is 10.1. The van der Waals surface area contributed by atoms with Gasteiger partial charge in [-0.1, -0.05) is 6.07 Å². The minimum absolute atomic E-state index is 0.158. The van der Waals surface area contributed by atoms with Crippen LogP contribution in [0.25, 0.3) is 0 Å². The third kappa shape index (κ3) is 4.21. The molecule has 1 N–H and O–H groups in total. The summed E-state index contributed by atoms with van der Waals surface area (Å²) in [5.74, 6) is 1.02. The highest BCUT2D eigenvalue weighted by molar-refractivity contribution is 6.39. The molecule has 23 heavy (non-hydrogen) atoms. The van der Waals surface area contributed by atoms with Crippen molar-refractivity contribution in [3.63, 3.8) is 0 Å². The second kappa shape index (κ2) is 7.62. The molecule has 124 valence electrons. The zero-order valence-corrected chi connectivity index (χ0v) is 13.6. The molecule has 0 spiro atoms. The smallest absolute Gasteiger partial charge is 0.269 e. The van der Waals surface area contributed by atoms with Crippen LogP contribution in [0, 0.1) is 0 Å². The number of hydrazone groups is 1. The lowest BCUT2D eigenvalue weighted by molar-refractivity contribution is -0.123. The van der Waals surface area contributed by atoms with Crippen molar-refractivity contribution >= 4 is 17.5 Å². The maximum Gasteiger partial charge on any atom is 0.269 e. The average molecular weight is 319 g/mol. The Morgan fingerprint density at radius 3 is 2.61 bits per heavy atom. The first-order valence-electron chi connectivity index (χ1n) is 7.37. The van der Waals surface area contributed by atoms with Crippen LogP contribution >= 0.6 is 0 Å². The molecule has 7 heteroatoms. The van der Waals surface area contributed by atoms with Crippen LogP contribution in [0.5, 0.6) is 11.5 Å². The van der Waals surface area contributed by atoms with Gasteiger partial charge in [-0.15, -0.1) is 0 Å². The molecule has 2 amide bonds. The predicted octanol–water partition coefficient (Wildman–Crippen LogP) is 0.971. The van der Waals surface area contributed by atoms with Gasteiger partial charge in [0.15, 0.2) is 11.5 Å². The molecule has 7 nitrogen and oxygen atoms in total. The third-order valence-corrected chi connectivity index (χ3v) is 3.68. The first-order valence-corrected chi connectivity index (χ1v) is 7.37. The van der Waals surface area contributed by atoms with Gasteiger partial charge in [0.1, 0.15) is 5.71 Å². The van der Waals surface area contributed by atoms with Crippen molar-refractivity contribution in [2.45, 2.75) is 19.3 Å². The van der Waals surface area contributed by atoms with Crippen LogP contribution in [0.2, 0.25) is 0 Å². The summed E-state index contributed by atoms with van der Waals surface area (Å²) in [6, 6.07) is 5.68. The number of amides is 2. The number of carbonyl (C=O) groups excluding carboxylic acids is 2. The molecule has 0 atom stereocenters. The summed E-state index contributed by atoms with van der Waals surface area (Å²) in [4.78, 5) is 24.9. The summed E-state index contributed by atoms with van der Waals surface area (Å²) < 4.78 is 10.5. The summed E-state index contributed by atoms with van der Waals surface area (Å²) in [5.41, 5.74) is 3.77. The number of hydrogen-bond donors (Lipinski definition) is 1. The SMILES string of the molecule is COc1ccc(CCN(C)C(=O)C2=NNC(=O)CC2)cc1OC. The quantitative estimate of drug-likeness (QED) is 0.847. The van der Waals surface area contributed by atoms with Gasteiger partial charge in [-0.25, -0.2) is 5.43 Å². The monoisotopic (exact) mass is 319 g/mol. The van der Waals surface area contributed by atoms with E-state index in [9.17, 15) is 9.59 Å². The van der Waals surface area contributed by atoms with Gasteiger partial charge >= 0.3 is 0 Å². The minimum Gasteiger partial charge on any atom is -0.493 e. The zero-order chi connectivity index (χ0) is 16.8. The number of ether oxygens (including phenoxy) is 2. The van der Waals surface area contributed by atoms with Crippen molar-refractivity contribution in [3.8, 4) is 11.5 Å². The highest BCUT2D eigenvalue weighted by atomic mass is 16.5. The average Bonchev–Trinajstić information content (AvgIpc) is 2.59. The third-order valence-electron chi connectivity index (χ3n) is 3.68. The molecular formula is C16H21N3O4. The van der Waals surface area contributed by atoms with Crippen LogP contribution in [0.1, 0.15) is 18.4 Å². The summed E-state index contributed by atoms with van der Waals surface area (Å²) in [5, 5.41) is 3.83. The number of nitrogens with one attached hydrogen (secondary N) is 1. The molecule has 0 fully saturated rings. The van der Waals surface area contributed by atoms with E-state index in [1.54, 1.807) is 26.2 Å². The van der Waals surface area contributed by atoms with Crippen molar-refractivity contribution in [1.82, 2.24) is 10.3 Å². The van der Waals surface area contributed by atoms with Crippen LogP contribution in [-0.4, -0.2) is 50.2 Å². The molecule has 0 radical (unpaired) electrons. The Morgan fingerprint density at radius 2 is 2.00 bits per heavy atom. The second-order valence-electron chi connectivity index (χ2n) is 5.26. The van der Waals surface area contributed by atoms with Gasteiger partial charge in [0.25, 0.3) is 5.91 Å². The Morgan fingerprint density at radius 1 is 1.26 bits per heavy atom. The van der Waals surface area contributed by atoms with Crippen molar-refractivity contribution in [2.75, 3.05) is 27.8 Å². The Kier molecular flexibility index (Phi) is 5.56. The molecule has 1 aliphatic rings. The van der Waals surface area contributed by atoms with Gasteiger partial charge in [-0.2, -0.15) is 5.10 Å². The van der Waals surface area contributed by atoms with Crippen LogP contribution in [0.4, 0.5) is 0 Å². The van der Waals surface area contributed by atoms with E-state index in [1.165, 1.54) is 0 Å². The van der Waals surface area contributed by atoms with E-state index in [2.05, 4.69) is 10.5 Å².